The van der Waals surface area contributed by atoms with Crippen molar-refractivity contribution in [2.75, 3.05) is 13.7 Å². The van der Waals surface area contributed by atoms with Crippen molar-refractivity contribution < 1.29 is 19.4 Å². The van der Waals surface area contributed by atoms with E-state index in [4.69, 9.17) is 4.74 Å². The number of hydrogen-bond acceptors (Lipinski definition) is 3. The van der Waals surface area contributed by atoms with Crippen molar-refractivity contribution in [2.24, 2.45) is 5.92 Å². The average Bonchev–Trinajstić information content (AvgIpc) is 2.71. The molecule has 2 unspecified atom stereocenters. The zero-order valence-electron chi connectivity index (χ0n) is 12.2. The minimum atomic E-state index is -0.918. The van der Waals surface area contributed by atoms with E-state index in [-0.39, 0.29) is 12.0 Å². The lowest BCUT2D eigenvalue weighted by atomic mass is 9.96. The molecule has 1 aliphatic carbocycles. The van der Waals surface area contributed by atoms with Gasteiger partial charge in [-0.2, -0.15) is 0 Å². The van der Waals surface area contributed by atoms with Crippen LogP contribution < -0.4 is 0 Å². The van der Waals surface area contributed by atoms with Crippen LogP contribution in [0.15, 0.2) is 0 Å². The van der Waals surface area contributed by atoms with Gasteiger partial charge in [-0.15, -0.1) is 0 Å². The number of carbonyl (C=O) groups is 2. The highest BCUT2D eigenvalue weighted by molar-refractivity contribution is 5.84. The Balaban J connectivity index is 1.94. The molecule has 1 N–H and O–H groups in total. The molecular formula is C15H25NO4. The van der Waals surface area contributed by atoms with Gasteiger partial charge in [-0.1, -0.05) is 25.7 Å². The van der Waals surface area contributed by atoms with E-state index < -0.39 is 12.0 Å². The van der Waals surface area contributed by atoms with E-state index in [0.29, 0.717) is 25.3 Å². The number of carboxylic acids is 1. The van der Waals surface area contributed by atoms with E-state index in [1.165, 1.54) is 30.6 Å². The highest BCUT2D eigenvalue weighted by Gasteiger charge is 2.40. The van der Waals surface area contributed by atoms with Crippen LogP contribution in [0.5, 0.6) is 0 Å². The summed E-state index contributed by atoms with van der Waals surface area (Å²) in [6.07, 6.45) is 7.88. The summed E-state index contributed by atoms with van der Waals surface area (Å²) in [5.41, 5.74) is 0. The summed E-state index contributed by atoms with van der Waals surface area (Å²) in [4.78, 5) is 25.2. The van der Waals surface area contributed by atoms with Crippen LogP contribution in [0.3, 0.4) is 0 Å². The molecule has 0 bridgehead atoms. The molecule has 2 aliphatic rings. The second kappa shape index (κ2) is 7.07. The van der Waals surface area contributed by atoms with Gasteiger partial charge in [0.2, 0.25) is 5.91 Å². The van der Waals surface area contributed by atoms with Crippen molar-refractivity contribution in [3.63, 3.8) is 0 Å². The third kappa shape index (κ3) is 3.72. The molecule has 5 nitrogen and oxygen atoms in total. The van der Waals surface area contributed by atoms with Gasteiger partial charge in [0.25, 0.3) is 0 Å². The Bertz CT molecular complexity index is 350. The third-order valence-electron chi connectivity index (χ3n) is 4.64. The Hall–Kier alpha value is -1.10. The van der Waals surface area contributed by atoms with Gasteiger partial charge in [0, 0.05) is 26.5 Å². The van der Waals surface area contributed by atoms with E-state index >= 15 is 0 Å². The van der Waals surface area contributed by atoms with Crippen LogP contribution in [0.25, 0.3) is 0 Å². The summed E-state index contributed by atoms with van der Waals surface area (Å²) in [5, 5.41) is 9.25. The maximum atomic E-state index is 12.4. The van der Waals surface area contributed by atoms with E-state index in [1.807, 2.05) is 0 Å². The summed E-state index contributed by atoms with van der Waals surface area (Å²) >= 11 is 0. The van der Waals surface area contributed by atoms with Gasteiger partial charge in [-0.05, 0) is 18.8 Å². The van der Waals surface area contributed by atoms with Crippen LogP contribution in [-0.4, -0.2) is 47.7 Å². The first kappa shape index (κ1) is 15.3. The number of carboxylic acid groups (broad SMARTS) is 1. The largest absolute Gasteiger partial charge is 0.480 e. The van der Waals surface area contributed by atoms with Gasteiger partial charge in [0.05, 0.1) is 6.10 Å². The molecular weight excluding hydrogens is 258 g/mol. The Labute approximate surface area is 120 Å². The first-order valence-electron chi connectivity index (χ1n) is 7.67. The maximum Gasteiger partial charge on any atom is 0.326 e. The standard InChI is InChI=1S/C15H25NO4/c1-20-12-9-13(15(18)19)16(10-12)14(17)8-11-6-4-2-3-5-7-11/h11-13H,2-10H2,1H3,(H,18,19). The molecule has 0 aromatic carbocycles. The smallest absolute Gasteiger partial charge is 0.326 e. The average molecular weight is 283 g/mol. The molecule has 1 aliphatic heterocycles. The molecule has 114 valence electrons. The number of carbonyl (C=O) groups excluding carboxylic acids is 1. The monoisotopic (exact) mass is 283 g/mol. The molecule has 1 saturated heterocycles. The molecule has 2 atom stereocenters. The highest BCUT2D eigenvalue weighted by Crippen LogP contribution is 2.28. The van der Waals surface area contributed by atoms with Gasteiger partial charge < -0.3 is 14.7 Å². The van der Waals surface area contributed by atoms with Crippen molar-refractivity contribution in [3.05, 3.63) is 0 Å². The number of ether oxygens (including phenoxy) is 1. The zero-order valence-corrected chi connectivity index (χ0v) is 12.2. The third-order valence-corrected chi connectivity index (χ3v) is 4.64. The zero-order chi connectivity index (χ0) is 14.5. The molecule has 0 aromatic heterocycles. The molecule has 5 heteroatoms. The first-order valence-corrected chi connectivity index (χ1v) is 7.67. The fourth-order valence-electron chi connectivity index (χ4n) is 3.41. The molecule has 2 fully saturated rings. The molecule has 0 radical (unpaired) electrons. The van der Waals surface area contributed by atoms with Crippen LogP contribution in [0.2, 0.25) is 0 Å². The molecule has 1 saturated carbocycles. The van der Waals surface area contributed by atoms with Crippen LogP contribution in [0.4, 0.5) is 0 Å². The fraction of sp³-hybridized carbons (Fsp3) is 0.867. The molecule has 1 heterocycles. The predicted molar refractivity (Wildman–Crippen MR) is 74.4 cm³/mol. The first-order chi connectivity index (χ1) is 9.61. The fourth-order valence-corrected chi connectivity index (χ4v) is 3.41. The maximum absolute atomic E-state index is 12.4. The van der Waals surface area contributed by atoms with Crippen LogP contribution in [0, 0.1) is 5.92 Å². The van der Waals surface area contributed by atoms with Crippen LogP contribution in [0.1, 0.15) is 51.4 Å². The number of amides is 1. The topological polar surface area (TPSA) is 66.8 Å². The lowest BCUT2D eigenvalue weighted by Gasteiger charge is -2.23. The van der Waals surface area contributed by atoms with Gasteiger partial charge in [0.15, 0.2) is 0 Å². The number of likely N-dealkylation sites (tertiary alicyclic amines) is 1. The number of rotatable bonds is 4. The van der Waals surface area contributed by atoms with Crippen LogP contribution >= 0.6 is 0 Å². The van der Waals surface area contributed by atoms with Crippen molar-refractivity contribution in [1.29, 1.82) is 0 Å². The predicted octanol–water partition coefficient (Wildman–Crippen LogP) is 2.05. The highest BCUT2D eigenvalue weighted by atomic mass is 16.5. The van der Waals surface area contributed by atoms with Crippen molar-refractivity contribution in [2.45, 2.75) is 63.5 Å². The number of hydrogen-bond donors (Lipinski definition) is 1. The Kier molecular flexibility index (Phi) is 5.40. The number of aliphatic carboxylic acids is 1. The van der Waals surface area contributed by atoms with E-state index in [0.717, 1.165) is 12.8 Å². The van der Waals surface area contributed by atoms with E-state index in [2.05, 4.69) is 0 Å². The van der Waals surface area contributed by atoms with Crippen molar-refractivity contribution in [1.82, 2.24) is 4.90 Å². The summed E-state index contributed by atoms with van der Waals surface area (Å²) in [7, 11) is 1.57. The van der Waals surface area contributed by atoms with E-state index in [1.54, 1.807) is 7.11 Å². The number of methoxy groups -OCH3 is 1. The minimum Gasteiger partial charge on any atom is -0.480 e. The molecule has 0 spiro atoms. The summed E-state index contributed by atoms with van der Waals surface area (Å²) in [6, 6.07) is -0.710. The van der Waals surface area contributed by atoms with Gasteiger partial charge in [-0.3, -0.25) is 4.79 Å². The Morgan fingerprint density at radius 2 is 1.85 bits per heavy atom. The molecule has 2 rings (SSSR count). The quantitative estimate of drug-likeness (QED) is 0.802. The van der Waals surface area contributed by atoms with E-state index in [9.17, 15) is 14.7 Å². The molecule has 1 amide bonds. The molecule has 0 aromatic rings. The lowest BCUT2D eigenvalue weighted by Crippen LogP contribution is -2.41. The second-order valence-electron chi connectivity index (χ2n) is 6.06. The minimum absolute atomic E-state index is 0.0103. The Morgan fingerprint density at radius 3 is 2.40 bits per heavy atom. The van der Waals surface area contributed by atoms with Crippen molar-refractivity contribution >= 4 is 11.9 Å². The Morgan fingerprint density at radius 1 is 1.20 bits per heavy atom. The summed E-state index contributed by atoms with van der Waals surface area (Å²) in [5.74, 6) is -0.497. The molecule has 20 heavy (non-hydrogen) atoms. The normalized spacial score (nSPS) is 28.4. The van der Waals surface area contributed by atoms with Gasteiger partial charge >= 0.3 is 5.97 Å². The second-order valence-corrected chi connectivity index (χ2v) is 6.06. The van der Waals surface area contributed by atoms with Crippen molar-refractivity contribution in [3.8, 4) is 0 Å². The number of nitrogens with zero attached hydrogens (tertiary/aromatic N) is 1. The van der Waals surface area contributed by atoms with Gasteiger partial charge in [0.1, 0.15) is 6.04 Å². The lowest BCUT2D eigenvalue weighted by molar-refractivity contribution is -0.148. The van der Waals surface area contributed by atoms with Gasteiger partial charge in [-0.25, -0.2) is 4.79 Å². The summed E-state index contributed by atoms with van der Waals surface area (Å²) in [6.45, 7) is 0.416. The SMILES string of the molecule is COC1CC(C(=O)O)N(C(=O)CC2CCCCCC2)C1. The summed E-state index contributed by atoms with van der Waals surface area (Å²) < 4.78 is 5.22. The van der Waals surface area contributed by atoms with Crippen LogP contribution in [-0.2, 0) is 14.3 Å².